The maximum atomic E-state index is 12.3. The molecule has 1 heterocycles. The van der Waals surface area contributed by atoms with Crippen LogP contribution in [-0.4, -0.2) is 28.6 Å². The summed E-state index contributed by atoms with van der Waals surface area (Å²) in [5.41, 5.74) is 0. The third-order valence-corrected chi connectivity index (χ3v) is 3.89. The topological polar surface area (TPSA) is 49.4 Å². The smallest absolute Gasteiger partial charge is 0.324 e. The zero-order valence-corrected chi connectivity index (χ0v) is 11.0. The van der Waals surface area contributed by atoms with E-state index in [1.165, 1.54) is 4.90 Å². The van der Waals surface area contributed by atoms with E-state index in [2.05, 4.69) is 17.9 Å². The van der Waals surface area contributed by atoms with Gasteiger partial charge < -0.3 is 5.32 Å². The van der Waals surface area contributed by atoms with Crippen molar-refractivity contribution in [3.05, 3.63) is 6.04 Å². The Labute approximate surface area is 108 Å². The van der Waals surface area contributed by atoms with Gasteiger partial charge in [-0.2, -0.15) is 12.6 Å². The summed E-state index contributed by atoms with van der Waals surface area (Å²) in [6.45, 7) is 1.83. The molecule has 4 nitrogen and oxygen atoms in total. The predicted octanol–water partition coefficient (Wildman–Crippen LogP) is 1.97. The summed E-state index contributed by atoms with van der Waals surface area (Å²) >= 11 is 4.14. The molecular weight excluding hydrogens is 236 g/mol. The van der Waals surface area contributed by atoms with E-state index in [1.54, 1.807) is 0 Å². The van der Waals surface area contributed by atoms with Crippen LogP contribution in [0.4, 0.5) is 4.79 Å². The predicted molar refractivity (Wildman–Crippen MR) is 68.5 cm³/mol. The molecule has 17 heavy (non-hydrogen) atoms. The number of thiol groups is 1. The Morgan fingerprint density at radius 1 is 1.41 bits per heavy atom. The maximum absolute atomic E-state index is 12.3. The van der Waals surface area contributed by atoms with Gasteiger partial charge in [0.05, 0.1) is 12.0 Å². The largest absolute Gasteiger partial charge is 0.334 e. The second kappa shape index (κ2) is 5.29. The van der Waals surface area contributed by atoms with Gasteiger partial charge in [-0.05, 0) is 31.9 Å². The number of imide groups is 1. The van der Waals surface area contributed by atoms with Crippen molar-refractivity contribution in [3.63, 3.8) is 0 Å². The van der Waals surface area contributed by atoms with Crippen LogP contribution in [0.5, 0.6) is 0 Å². The van der Waals surface area contributed by atoms with Crippen LogP contribution in [0.15, 0.2) is 0 Å². The minimum Gasteiger partial charge on any atom is -0.334 e. The SMILES string of the molecule is C[C](CCS)N1C(=O)NC2CCCCC2C1=O. The van der Waals surface area contributed by atoms with Crippen LogP contribution in [0.1, 0.15) is 39.0 Å². The Hall–Kier alpha value is -0.710. The summed E-state index contributed by atoms with van der Waals surface area (Å²) in [6.07, 6.45) is 4.69. The molecule has 2 unspecified atom stereocenters. The average molecular weight is 255 g/mol. The highest BCUT2D eigenvalue weighted by Crippen LogP contribution is 2.31. The van der Waals surface area contributed by atoms with Gasteiger partial charge in [0.25, 0.3) is 0 Å². The van der Waals surface area contributed by atoms with E-state index in [0.717, 1.165) is 31.7 Å². The van der Waals surface area contributed by atoms with E-state index in [9.17, 15) is 9.59 Å². The highest BCUT2D eigenvalue weighted by molar-refractivity contribution is 7.80. The summed E-state index contributed by atoms with van der Waals surface area (Å²) in [6, 6.07) is 0.604. The minimum atomic E-state index is -0.252. The maximum Gasteiger partial charge on any atom is 0.324 e. The molecule has 2 atom stereocenters. The second-order valence-corrected chi connectivity index (χ2v) is 5.28. The molecule has 0 aromatic rings. The molecule has 0 spiro atoms. The lowest BCUT2D eigenvalue weighted by molar-refractivity contribution is -0.136. The molecule has 2 rings (SSSR count). The fourth-order valence-electron chi connectivity index (χ4n) is 2.72. The first-order valence-electron chi connectivity index (χ1n) is 6.23. The number of nitrogens with one attached hydrogen (secondary N) is 1. The minimum absolute atomic E-state index is 0.0160. The monoisotopic (exact) mass is 255 g/mol. The van der Waals surface area contributed by atoms with Crippen molar-refractivity contribution in [2.24, 2.45) is 5.92 Å². The molecular formula is C12H19N2O2S. The highest BCUT2D eigenvalue weighted by Gasteiger charge is 2.43. The third-order valence-electron chi connectivity index (χ3n) is 3.67. The molecule has 2 fully saturated rings. The number of amides is 3. The van der Waals surface area contributed by atoms with Gasteiger partial charge in [0, 0.05) is 6.04 Å². The van der Waals surface area contributed by atoms with E-state index < -0.39 is 0 Å². The molecule has 1 saturated heterocycles. The zero-order valence-electron chi connectivity index (χ0n) is 10.1. The van der Waals surface area contributed by atoms with E-state index in [4.69, 9.17) is 0 Å². The molecule has 1 saturated carbocycles. The van der Waals surface area contributed by atoms with E-state index >= 15 is 0 Å². The summed E-state index contributed by atoms with van der Waals surface area (Å²) in [7, 11) is 0. The molecule has 1 aliphatic carbocycles. The van der Waals surface area contributed by atoms with Crippen LogP contribution in [0.25, 0.3) is 0 Å². The first-order chi connectivity index (χ1) is 8.15. The standard InChI is InChI=1S/C12H19N2O2S/c1-8(6-7-17)14-11(15)9-4-2-3-5-10(9)13-12(14)16/h9-10,17H,2-7H2,1H3,(H,13,16). The molecule has 2 aliphatic rings. The van der Waals surface area contributed by atoms with E-state index in [0.29, 0.717) is 12.2 Å². The van der Waals surface area contributed by atoms with Crippen molar-refractivity contribution < 1.29 is 9.59 Å². The molecule has 3 amide bonds. The quantitative estimate of drug-likeness (QED) is 0.758. The van der Waals surface area contributed by atoms with Gasteiger partial charge in [-0.3, -0.25) is 9.69 Å². The van der Waals surface area contributed by atoms with Crippen molar-refractivity contribution in [1.82, 2.24) is 10.2 Å². The summed E-state index contributed by atoms with van der Waals surface area (Å²) in [4.78, 5) is 25.6. The molecule has 1 aliphatic heterocycles. The lowest BCUT2D eigenvalue weighted by Crippen LogP contribution is -2.61. The first kappa shape index (κ1) is 12.7. The lowest BCUT2D eigenvalue weighted by atomic mass is 9.82. The Bertz CT molecular complexity index is 322. The molecule has 0 aromatic heterocycles. The number of carbonyl (C=O) groups is 2. The number of nitrogens with zero attached hydrogens (tertiary/aromatic N) is 1. The van der Waals surface area contributed by atoms with Crippen molar-refractivity contribution >= 4 is 24.6 Å². The molecule has 0 bridgehead atoms. The summed E-state index contributed by atoms with van der Waals surface area (Å²) in [5.74, 6) is 0.617. The first-order valence-corrected chi connectivity index (χ1v) is 6.86. The number of fused-ring (bicyclic) bond motifs is 1. The van der Waals surface area contributed by atoms with Gasteiger partial charge in [-0.15, -0.1) is 0 Å². The van der Waals surface area contributed by atoms with Crippen LogP contribution >= 0.6 is 12.6 Å². The molecule has 95 valence electrons. The second-order valence-electron chi connectivity index (χ2n) is 4.83. The average Bonchev–Trinajstić information content (AvgIpc) is 2.29. The molecule has 1 radical (unpaired) electrons. The van der Waals surface area contributed by atoms with Crippen molar-refractivity contribution in [2.75, 3.05) is 5.75 Å². The zero-order chi connectivity index (χ0) is 12.4. The van der Waals surface area contributed by atoms with Crippen LogP contribution < -0.4 is 5.32 Å². The van der Waals surface area contributed by atoms with E-state index in [1.807, 2.05) is 6.92 Å². The molecule has 1 N–H and O–H groups in total. The van der Waals surface area contributed by atoms with Gasteiger partial charge in [0.2, 0.25) is 5.91 Å². The number of urea groups is 1. The lowest BCUT2D eigenvalue weighted by Gasteiger charge is -2.41. The van der Waals surface area contributed by atoms with Gasteiger partial charge in [-0.25, -0.2) is 4.79 Å². The van der Waals surface area contributed by atoms with Gasteiger partial charge in [0.15, 0.2) is 0 Å². The number of hydrogen-bond acceptors (Lipinski definition) is 3. The third kappa shape index (κ3) is 2.44. The molecule has 5 heteroatoms. The van der Waals surface area contributed by atoms with Gasteiger partial charge >= 0.3 is 6.03 Å². The summed E-state index contributed by atoms with van der Waals surface area (Å²) in [5, 5.41) is 2.96. The number of rotatable bonds is 3. The van der Waals surface area contributed by atoms with Gasteiger partial charge in [0.1, 0.15) is 0 Å². The fraction of sp³-hybridized carbons (Fsp3) is 0.750. The fourth-order valence-corrected chi connectivity index (χ4v) is 3.05. The van der Waals surface area contributed by atoms with Crippen LogP contribution in [-0.2, 0) is 4.79 Å². The van der Waals surface area contributed by atoms with Crippen molar-refractivity contribution in [3.8, 4) is 0 Å². The summed E-state index contributed by atoms with van der Waals surface area (Å²) < 4.78 is 0. The van der Waals surface area contributed by atoms with Crippen LogP contribution in [0.2, 0.25) is 0 Å². The Morgan fingerprint density at radius 3 is 2.82 bits per heavy atom. The van der Waals surface area contributed by atoms with Gasteiger partial charge in [-0.1, -0.05) is 12.8 Å². The Balaban J connectivity index is 2.12. The highest BCUT2D eigenvalue weighted by atomic mass is 32.1. The Kier molecular flexibility index (Phi) is 3.97. The van der Waals surface area contributed by atoms with Crippen molar-refractivity contribution in [2.45, 2.75) is 45.1 Å². The van der Waals surface area contributed by atoms with Crippen molar-refractivity contribution in [1.29, 1.82) is 0 Å². The number of hydrogen-bond donors (Lipinski definition) is 2. The normalized spacial score (nSPS) is 29.2. The molecule has 0 aromatic carbocycles. The Morgan fingerprint density at radius 2 is 2.12 bits per heavy atom. The van der Waals surface area contributed by atoms with E-state index in [-0.39, 0.29) is 23.9 Å². The van der Waals surface area contributed by atoms with Crippen LogP contribution in [0, 0.1) is 12.0 Å². The van der Waals surface area contributed by atoms with Crippen LogP contribution in [0.3, 0.4) is 0 Å². The number of carbonyl (C=O) groups excluding carboxylic acids is 2.